The van der Waals surface area contributed by atoms with Crippen LogP contribution < -0.4 is 9.64 Å². The molecule has 0 bridgehead atoms. The van der Waals surface area contributed by atoms with Crippen LogP contribution in [0.3, 0.4) is 0 Å². The fourth-order valence-electron chi connectivity index (χ4n) is 3.39. The highest BCUT2D eigenvalue weighted by molar-refractivity contribution is 7.99. The van der Waals surface area contributed by atoms with Gasteiger partial charge in [-0.05, 0) is 37.5 Å². The van der Waals surface area contributed by atoms with Gasteiger partial charge < -0.3 is 19.8 Å². The van der Waals surface area contributed by atoms with Gasteiger partial charge in [-0.1, -0.05) is 12.1 Å². The zero-order valence-corrected chi connectivity index (χ0v) is 17.7. The Hall–Kier alpha value is -2.78. The molecule has 156 valence electrons. The standard InChI is InChI=1S/C22H24N4O3S/c1-15(28)14-30-22-19(13-24)20(16-4-6-17(7-5-16)29-11-10-27)18(12-23)21(25-22)26-8-2-3-9-26/h4-7,15,27-28H,2-3,8-11,14H2,1H3. The molecule has 2 N–H and O–H groups in total. The van der Waals surface area contributed by atoms with Crippen LogP contribution in [0.5, 0.6) is 5.75 Å². The van der Waals surface area contributed by atoms with Crippen LogP contribution in [0.4, 0.5) is 5.82 Å². The maximum Gasteiger partial charge on any atom is 0.148 e. The van der Waals surface area contributed by atoms with Gasteiger partial charge in [0.25, 0.3) is 0 Å². The fraction of sp³-hybridized carbons (Fsp3) is 0.409. The summed E-state index contributed by atoms with van der Waals surface area (Å²) in [7, 11) is 0. The van der Waals surface area contributed by atoms with Gasteiger partial charge in [0.1, 0.15) is 40.9 Å². The normalized spacial score (nSPS) is 14.2. The van der Waals surface area contributed by atoms with Crippen molar-refractivity contribution in [1.82, 2.24) is 4.98 Å². The molecule has 1 aliphatic heterocycles. The van der Waals surface area contributed by atoms with Gasteiger partial charge in [-0.25, -0.2) is 4.98 Å². The van der Waals surface area contributed by atoms with E-state index in [1.807, 2.05) is 0 Å². The number of rotatable bonds is 8. The zero-order valence-electron chi connectivity index (χ0n) is 16.8. The number of aromatic nitrogens is 1. The van der Waals surface area contributed by atoms with E-state index < -0.39 is 6.10 Å². The number of anilines is 1. The molecule has 1 unspecified atom stereocenters. The molecule has 1 fully saturated rings. The summed E-state index contributed by atoms with van der Waals surface area (Å²) in [5.41, 5.74) is 2.00. The summed E-state index contributed by atoms with van der Waals surface area (Å²) < 4.78 is 5.42. The second-order valence-electron chi connectivity index (χ2n) is 7.04. The Kier molecular flexibility index (Phi) is 7.53. The highest BCUT2D eigenvalue weighted by Crippen LogP contribution is 2.39. The zero-order chi connectivity index (χ0) is 21.5. The number of nitriles is 2. The van der Waals surface area contributed by atoms with E-state index in [2.05, 4.69) is 17.0 Å². The Morgan fingerprint density at radius 1 is 1.17 bits per heavy atom. The van der Waals surface area contributed by atoms with E-state index >= 15 is 0 Å². The third kappa shape index (κ3) is 4.85. The van der Waals surface area contributed by atoms with Crippen LogP contribution in [0.2, 0.25) is 0 Å². The minimum Gasteiger partial charge on any atom is -0.491 e. The first-order chi connectivity index (χ1) is 14.6. The van der Waals surface area contributed by atoms with Gasteiger partial charge in [0, 0.05) is 24.4 Å². The van der Waals surface area contributed by atoms with Crippen molar-refractivity contribution in [2.45, 2.75) is 30.9 Å². The minimum absolute atomic E-state index is 0.0771. The van der Waals surface area contributed by atoms with Crippen molar-refractivity contribution < 1.29 is 14.9 Å². The lowest BCUT2D eigenvalue weighted by molar-refractivity contribution is 0.201. The van der Waals surface area contributed by atoms with Crippen molar-refractivity contribution in [3.05, 3.63) is 35.4 Å². The van der Waals surface area contributed by atoms with Crippen LogP contribution in [0, 0.1) is 22.7 Å². The first-order valence-corrected chi connectivity index (χ1v) is 10.9. The lowest BCUT2D eigenvalue weighted by atomic mass is 9.96. The Balaban J connectivity index is 2.15. The van der Waals surface area contributed by atoms with Crippen LogP contribution in [0.1, 0.15) is 30.9 Å². The van der Waals surface area contributed by atoms with Gasteiger partial charge in [-0.15, -0.1) is 11.8 Å². The number of nitrogens with zero attached hydrogens (tertiary/aromatic N) is 4. The second-order valence-corrected chi connectivity index (χ2v) is 8.05. The molecule has 2 aromatic rings. The summed E-state index contributed by atoms with van der Waals surface area (Å²) >= 11 is 1.32. The molecule has 8 heteroatoms. The monoisotopic (exact) mass is 424 g/mol. The van der Waals surface area contributed by atoms with Crippen LogP contribution in [-0.4, -0.2) is 53.4 Å². The fourth-order valence-corrected chi connectivity index (χ4v) is 4.24. The molecule has 30 heavy (non-hydrogen) atoms. The first-order valence-electron chi connectivity index (χ1n) is 9.87. The molecule has 3 rings (SSSR count). The molecule has 1 saturated heterocycles. The third-order valence-corrected chi connectivity index (χ3v) is 5.96. The minimum atomic E-state index is -0.541. The average molecular weight is 425 g/mol. The topological polar surface area (TPSA) is 113 Å². The van der Waals surface area contributed by atoms with Gasteiger partial charge in [0.05, 0.1) is 18.3 Å². The number of ether oxygens (including phenoxy) is 1. The molecule has 0 aliphatic carbocycles. The average Bonchev–Trinajstić information content (AvgIpc) is 3.30. The molecule has 1 aliphatic rings. The summed E-state index contributed by atoms with van der Waals surface area (Å²) in [6.07, 6.45) is 1.53. The van der Waals surface area contributed by atoms with Gasteiger partial charge in [-0.2, -0.15) is 10.5 Å². The maximum atomic E-state index is 10.00. The van der Waals surface area contributed by atoms with Crippen LogP contribution >= 0.6 is 11.8 Å². The highest BCUT2D eigenvalue weighted by atomic mass is 32.2. The van der Waals surface area contributed by atoms with Crippen molar-refractivity contribution in [1.29, 1.82) is 10.5 Å². The number of thioether (sulfide) groups is 1. The van der Waals surface area contributed by atoms with Gasteiger partial charge in [-0.3, -0.25) is 0 Å². The summed E-state index contributed by atoms with van der Waals surface area (Å²) in [6, 6.07) is 11.6. The van der Waals surface area contributed by atoms with E-state index in [4.69, 9.17) is 14.8 Å². The lowest BCUT2D eigenvalue weighted by Gasteiger charge is -2.22. The molecule has 1 aromatic heterocycles. The molecular weight excluding hydrogens is 400 g/mol. The number of aliphatic hydroxyl groups is 2. The van der Waals surface area contributed by atoms with E-state index in [0.717, 1.165) is 31.5 Å². The van der Waals surface area contributed by atoms with Crippen LogP contribution in [-0.2, 0) is 0 Å². The molecular formula is C22H24N4O3S. The molecule has 0 amide bonds. The van der Waals surface area contributed by atoms with Crippen molar-refractivity contribution in [2.24, 2.45) is 0 Å². The molecule has 0 spiro atoms. The van der Waals surface area contributed by atoms with E-state index in [9.17, 15) is 15.6 Å². The first kappa shape index (κ1) is 21.9. The van der Waals surface area contributed by atoms with E-state index in [0.29, 0.717) is 39.0 Å². The predicted molar refractivity (Wildman–Crippen MR) is 116 cm³/mol. The summed E-state index contributed by atoms with van der Waals surface area (Å²) in [5, 5.41) is 39.1. The van der Waals surface area contributed by atoms with Gasteiger partial charge >= 0.3 is 0 Å². The number of benzene rings is 1. The second kappa shape index (κ2) is 10.3. The van der Waals surface area contributed by atoms with E-state index in [-0.39, 0.29) is 13.2 Å². The summed E-state index contributed by atoms with van der Waals surface area (Å²) in [4.78, 5) is 6.78. The van der Waals surface area contributed by atoms with Crippen molar-refractivity contribution in [3.63, 3.8) is 0 Å². The van der Waals surface area contributed by atoms with Gasteiger partial charge in [0.15, 0.2) is 0 Å². The molecule has 0 saturated carbocycles. The predicted octanol–water partition coefficient (Wildman–Crippen LogP) is 2.94. The number of pyridine rings is 1. The number of hydrogen-bond acceptors (Lipinski definition) is 8. The quantitative estimate of drug-likeness (QED) is 0.622. The lowest BCUT2D eigenvalue weighted by Crippen LogP contribution is -2.21. The van der Waals surface area contributed by atoms with E-state index in [1.165, 1.54) is 11.8 Å². The largest absolute Gasteiger partial charge is 0.491 e. The SMILES string of the molecule is CC(O)CSc1nc(N2CCCC2)c(C#N)c(-c2ccc(OCCO)cc2)c1C#N. The Morgan fingerprint density at radius 3 is 2.40 bits per heavy atom. The molecule has 1 atom stereocenters. The van der Waals surface area contributed by atoms with Crippen LogP contribution in [0.15, 0.2) is 29.3 Å². The molecule has 1 aromatic carbocycles. The summed E-state index contributed by atoms with van der Waals surface area (Å²) in [5.74, 6) is 1.60. The Morgan fingerprint density at radius 2 is 1.83 bits per heavy atom. The van der Waals surface area contributed by atoms with Crippen LogP contribution in [0.25, 0.3) is 11.1 Å². The molecule has 7 nitrogen and oxygen atoms in total. The van der Waals surface area contributed by atoms with E-state index in [1.54, 1.807) is 31.2 Å². The Labute approximate surface area is 180 Å². The highest BCUT2D eigenvalue weighted by Gasteiger charge is 2.26. The number of hydrogen-bond donors (Lipinski definition) is 2. The summed E-state index contributed by atoms with van der Waals surface area (Å²) in [6.45, 7) is 3.45. The molecule has 0 radical (unpaired) electrons. The molecule has 2 heterocycles. The third-order valence-electron chi connectivity index (χ3n) is 4.74. The Bertz CT molecular complexity index is 958. The van der Waals surface area contributed by atoms with Crippen molar-refractivity contribution in [2.75, 3.05) is 37.0 Å². The smallest absolute Gasteiger partial charge is 0.148 e. The van der Waals surface area contributed by atoms with Crippen molar-refractivity contribution in [3.8, 4) is 29.0 Å². The number of aliphatic hydroxyl groups excluding tert-OH is 2. The van der Waals surface area contributed by atoms with Gasteiger partial charge in [0.2, 0.25) is 0 Å². The maximum absolute atomic E-state index is 10.00. The van der Waals surface area contributed by atoms with Crippen molar-refractivity contribution >= 4 is 17.6 Å².